The Morgan fingerprint density at radius 3 is 2.65 bits per heavy atom. The van der Waals surface area contributed by atoms with Crippen LogP contribution in [0, 0.1) is 0 Å². The second-order valence-electron chi connectivity index (χ2n) is 5.22. The Balaban J connectivity index is 1.99. The molecule has 26 heavy (non-hydrogen) atoms. The van der Waals surface area contributed by atoms with Gasteiger partial charge < -0.3 is 19.2 Å². The molecule has 0 aliphatic rings. The number of ether oxygens (including phenoxy) is 2. The van der Waals surface area contributed by atoms with E-state index in [2.05, 4.69) is 15.3 Å². The summed E-state index contributed by atoms with van der Waals surface area (Å²) >= 11 is 6.22. The molecule has 0 amide bonds. The van der Waals surface area contributed by atoms with Gasteiger partial charge >= 0.3 is 0 Å². The topological polar surface area (TPSA) is 86.5 Å². The molecule has 1 N–H and O–H groups in total. The molecule has 0 bridgehead atoms. The first-order valence-corrected chi connectivity index (χ1v) is 8.05. The fourth-order valence-corrected chi connectivity index (χ4v) is 2.54. The van der Waals surface area contributed by atoms with E-state index in [1.54, 1.807) is 37.6 Å². The Morgan fingerprint density at radius 1 is 1.19 bits per heavy atom. The average molecular weight is 374 g/mol. The maximum Gasteiger partial charge on any atom is 0.170 e. The first kappa shape index (κ1) is 17.8. The zero-order chi connectivity index (χ0) is 18.5. The first-order chi connectivity index (χ1) is 12.7. The molecule has 0 aliphatic carbocycles. The maximum atomic E-state index is 11.4. The number of hydrogen-bond donors (Lipinski definition) is 1. The molecule has 2 aromatic heterocycles. The van der Waals surface area contributed by atoms with Crippen LogP contribution in [0.1, 0.15) is 16.2 Å². The van der Waals surface area contributed by atoms with Crippen LogP contribution in [-0.4, -0.2) is 30.5 Å². The minimum Gasteiger partial charge on any atom is -0.493 e. The molecule has 0 spiro atoms. The van der Waals surface area contributed by atoms with Crippen LogP contribution in [0.5, 0.6) is 11.5 Å². The molecule has 7 nitrogen and oxygen atoms in total. The summed E-state index contributed by atoms with van der Waals surface area (Å²) in [4.78, 5) is 20.0. The molecule has 0 aliphatic heterocycles. The summed E-state index contributed by atoms with van der Waals surface area (Å²) in [7, 11) is 3.09. The van der Waals surface area contributed by atoms with Crippen LogP contribution in [0.3, 0.4) is 0 Å². The lowest BCUT2D eigenvalue weighted by atomic mass is 10.2. The maximum absolute atomic E-state index is 11.4. The van der Waals surface area contributed by atoms with Gasteiger partial charge in [0, 0.05) is 5.56 Å². The average Bonchev–Trinajstić information content (AvgIpc) is 3.20. The number of halogens is 1. The number of furan rings is 1. The van der Waals surface area contributed by atoms with E-state index in [9.17, 15) is 4.79 Å². The highest BCUT2D eigenvalue weighted by atomic mass is 35.5. The van der Waals surface area contributed by atoms with Crippen molar-refractivity contribution in [1.82, 2.24) is 9.97 Å². The molecule has 134 valence electrons. The number of carbonyl (C=O) groups is 1. The van der Waals surface area contributed by atoms with Crippen molar-refractivity contribution < 1.29 is 18.7 Å². The molecule has 0 atom stereocenters. The van der Waals surface area contributed by atoms with Gasteiger partial charge in [0.2, 0.25) is 0 Å². The van der Waals surface area contributed by atoms with Crippen molar-refractivity contribution in [2.24, 2.45) is 0 Å². The fraction of sp³-hybridized carbons (Fsp3) is 0.167. The van der Waals surface area contributed by atoms with Crippen LogP contribution >= 0.6 is 11.6 Å². The molecule has 0 saturated heterocycles. The largest absolute Gasteiger partial charge is 0.493 e. The van der Waals surface area contributed by atoms with E-state index in [-0.39, 0.29) is 10.7 Å². The second kappa shape index (κ2) is 7.88. The number of nitrogens with one attached hydrogen (secondary N) is 1. The molecule has 0 fully saturated rings. The van der Waals surface area contributed by atoms with E-state index in [0.29, 0.717) is 47.3 Å². The molecule has 8 heteroatoms. The molecule has 0 radical (unpaired) electrons. The lowest BCUT2D eigenvalue weighted by Gasteiger charge is -2.12. The van der Waals surface area contributed by atoms with Crippen LogP contribution in [0.4, 0.5) is 5.82 Å². The van der Waals surface area contributed by atoms with Gasteiger partial charge in [0.25, 0.3) is 0 Å². The number of aromatic nitrogens is 2. The normalized spacial score (nSPS) is 10.4. The van der Waals surface area contributed by atoms with Gasteiger partial charge in [0.15, 0.2) is 23.6 Å². The van der Waals surface area contributed by atoms with Gasteiger partial charge in [-0.3, -0.25) is 4.79 Å². The molecule has 3 rings (SSSR count). The molecule has 0 saturated carbocycles. The summed E-state index contributed by atoms with van der Waals surface area (Å²) in [5.41, 5.74) is 0.747. The predicted octanol–water partition coefficient (Wildman–Crippen LogP) is 3.83. The smallest absolute Gasteiger partial charge is 0.170 e. The van der Waals surface area contributed by atoms with Gasteiger partial charge in [0.1, 0.15) is 22.3 Å². The number of benzene rings is 1. The van der Waals surface area contributed by atoms with Crippen molar-refractivity contribution in [2.75, 3.05) is 19.5 Å². The molecule has 2 heterocycles. The van der Waals surface area contributed by atoms with Crippen molar-refractivity contribution in [3.05, 3.63) is 53.1 Å². The van der Waals surface area contributed by atoms with Crippen LogP contribution in [0.2, 0.25) is 5.02 Å². The van der Waals surface area contributed by atoms with E-state index in [0.717, 1.165) is 0 Å². The summed E-state index contributed by atoms with van der Waals surface area (Å²) in [6.45, 7) is 0.368. The van der Waals surface area contributed by atoms with Gasteiger partial charge in [-0.05, 0) is 30.3 Å². The number of anilines is 1. The van der Waals surface area contributed by atoms with E-state index in [1.807, 2.05) is 6.07 Å². The predicted molar refractivity (Wildman–Crippen MR) is 97.0 cm³/mol. The third-order valence-corrected chi connectivity index (χ3v) is 4.01. The Bertz CT molecular complexity index is 913. The standard InChI is InChI=1S/C18H16ClN3O4/c1-24-14-6-5-11(8-15(14)25-2)17-21-13(10-23)16(19)18(22-17)20-9-12-4-3-7-26-12/h3-8,10H,9H2,1-2H3,(H,20,21,22). The summed E-state index contributed by atoms with van der Waals surface area (Å²) in [6, 6.07) is 8.84. The zero-order valence-corrected chi connectivity index (χ0v) is 14.9. The Morgan fingerprint density at radius 2 is 2.00 bits per heavy atom. The minimum absolute atomic E-state index is 0.0911. The summed E-state index contributed by atoms with van der Waals surface area (Å²) in [6.07, 6.45) is 2.16. The zero-order valence-electron chi connectivity index (χ0n) is 14.2. The van der Waals surface area contributed by atoms with Crippen LogP contribution in [0.15, 0.2) is 41.0 Å². The van der Waals surface area contributed by atoms with E-state index in [1.165, 1.54) is 7.11 Å². The minimum atomic E-state index is 0.0911. The summed E-state index contributed by atoms with van der Waals surface area (Å²) in [5.74, 6) is 2.49. The number of methoxy groups -OCH3 is 2. The van der Waals surface area contributed by atoms with Gasteiger partial charge in [-0.1, -0.05) is 11.6 Å². The van der Waals surface area contributed by atoms with Gasteiger partial charge in [0.05, 0.1) is 27.0 Å². The van der Waals surface area contributed by atoms with Crippen molar-refractivity contribution in [3.8, 4) is 22.9 Å². The van der Waals surface area contributed by atoms with Crippen molar-refractivity contribution >= 4 is 23.7 Å². The van der Waals surface area contributed by atoms with E-state index < -0.39 is 0 Å². The molecule has 3 aromatic rings. The molecule has 0 unspecified atom stereocenters. The van der Waals surface area contributed by atoms with E-state index >= 15 is 0 Å². The Labute approximate surface area is 154 Å². The Hall–Kier alpha value is -3.06. The SMILES string of the molecule is COc1ccc(-c2nc(C=O)c(Cl)c(NCc3ccco3)n2)cc1OC. The first-order valence-electron chi connectivity index (χ1n) is 7.67. The Kier molecular flexibility index (Phi) is 5.38. The van der Waals surface area contributed by atoms with Crippen molar-refractivity contribution in [3.63, 3.8) is 0 Å². The number of nitrogens with zero attached hydrogens (tertiary/aromatic N) is 2. The number of hydrogen-bond acceptors (Lipinski definition) is 7. The van der Waals surface area contributed by atoms with Gasteiger partial charge in [-0.25, -0.2) is 9.97 Å². The van der Waals surface area contributed by atoms with Crippen LogP contribution < -0.4 is 14.8 Å². The molecule has 1 aromatic carbocycles. The van der Waals surface area contributed by atoms with Crippen molar-refractivity contribution in [2.45, 2.75) is 6.54 Å². The van der Waals surface area contributed by atoms with Gasteiger partial charge in [-0.2, -0.15) is 0 Å². The summed E-state index contributed by atoms with van der Waals surface area (Å²) in [5, 5.41) is 3.21. The second-order valence-corrected chi connectivity index (χ2v) is 5.59. The molecular formula is C18H16ClN3O4. The number of rotatable bonds is 7. The monoisotopic (exact) mass is 373 g/mol. The van der Waals surface area contributed by atoms with Crippen LogP contribution in [0.25, 0.3) is 11.4 Å². The fourth-order valence-electron chi connectivity index (χ4n) is 2.35. The third kappa shape index (κ3) is 3.62. The van der Waals surface area contributed by atoms with E-state index in [4.69, 9.17) is 25.5 Å². The highest BCUT2D eigenvalue weighted by molar-refractivity contribution is 6.35. The molecular weight excluding hydrogens is 358 g/mol. The summed E-state index contributed by atoms with van der Waals surface area (Å²) < 4.78 is 15.8. The van der Waals surface area contributed by atoms with Crippen LogP contribution in [-0.2, 0) is 6.54 Å². The van der Waals surface area contributed by atoms with Crippen molar-refractivity contribution in [1.29, 1.82) is 0 Å². The highest BCUT2D eigenvalue weighted by Gasteiger charge is 2.15. The third-order valence-electron chi connectivity index (χ3n) is 3.64. The number of aldehydes is 1. The lowest BCUT2D eigenvalue weighted by Crippen LogP contribution is -2.06. The lowest BCUT2D eigenvalue weighted by molar-refractivity contribution is 0.111. The quantitative estimate of drug-likeness (QED) is 0.630. The van der Waals surface area contributed by atoms with Gasteiger partial charge in [-0.15, -0.1) is 0 Å². The highest BCUT2D eigenvalue weighted by Crippen LogP contribution is 2.33. The number of carbonyl (C=O) groups excluding carboxylic acids is 1.